The molecule has 1 heterocycles. The molecule has 6 amide bonds. The number of hydrogen-bond acceptors (Lipinski definition) is 18. The molecule has 2 aromatic rings. The van der Waals surface area contributed by atoms with Crippen LogP contribution in [0, 0.1) is 23.7 Å². The van der Waals surface area contributed by atoms with Gasteiger partial charge in [-0.25, -0.2) is 39.6 Å². The highest BCUT2D eigenvalue weighted by Crippen LogP contribution is 2.25. The van der Waals surface area contributed by atoms with Gasteiger partial charge in [0.25, 0.3) is 23.6 Å². The van der Waals surface area contributed by atoms with E-state index in [0.29, 0.717) is 22.3 Å². The number of esters is 4. The van der Waals surface area contributed by atoms with Crippen molar-refractivity contribution in [2.24, 2.45) is 33.9 Å². The number of cyclic esters (lactones) is 4. The van der Waals surface area contributed by atoms with Crippen LogP contribution >= 0.6 is 0 Å². The highest BCUT2D eigenvalue weighted by molar-refractivity contribution is 5.95. The van der Waals surface area contributed by atoms with Crippen molar-refractivity contribution in [1.29, 1.82) is 0 Å². The van der Waals surface area contributed by atoms with Crippen LogP contribution in [-0.2, 0) is 79.6 Å². The van der Waals surface area contributed by atoms with Gasteiger partial charge in [-0.05, 0) is 127 Å². The van der Waals surface area contributed by atoms with Crippen molar-refractivity contribution in [3.63, 3.8) is 0 Å². The molecular formula is C64H96N8O16. The first-order valence-electron chi connectivity index (χ1n) is 29.9. The van der Waals surface area contributed by atoms with Crippen LogP contribution in [0.15, 0.2) is 58.7 Å². The minimum atomic E-state index is -1.62. The zero-order valence-electron chi connectivity index (χ0n) is 55.2. The molecule has 24 heteroatoms. The summed E-state index contributed by atoms with van der Waals surface area (Å²) in [5, 5.41) is 7.90. The molecule has 0 aromatic heterocycles. The minimum absolute atomic E-state index is 0.0273. The van der Waals surface area contributed by atoms with Crippen molar-refractivity contribution in [3.8, 4) is 0 Å². The molecule has 0 unspecified atom stereocenters. The standard InChI is InChI=1S/C64H96N8O16/c1-37(2)29-47-57(77)83-41(9)53(73)69(17)50(32-40(7)8)60(80)86-52(34-44-23-27-46(28-24-44)36-66-68-62(82)88-64(14,15)16)56(76)72(20)48(30-38(3)4)58(78)84-42(10)54(74)70(18)49(31-39(5)6)59(79)85-51(55(75)71(47)19)33-43-21-25-45(26-22-43)35-65-67-61(81)87-63(11,12)13/h21-28,35-42,47-52H,29-34H2,1-20H3,(H,67,81)(H,68,82)/b65-35+,66-36+/t41-,42-,47+,48+,49+,50+,51-,52-/m1/s1. The van der Waals surface area contributed by atoms with Gasteiger partial charge in [-0.2, -0.15) is 10.2 Å². The Hall–Kier alpha value is -7.92. The molecule has 1 aliphatic rings. The smallest absolute Gasteiger partial charge is 0.428 e. The fraction of sp³-hybridized carbons (Fsp3) is 0.625. The average Bonchev–Trinajstić information content (AvgIpc) is 3.51. The van der Waals surface area contributed by atoms with E-state index in [9.17, 15) is 38.4 Å². The molecule has 3 rings (SSSR count). The summed E-state index contributed by atoms with van der Waals surface area (Å²) >= 11 is 0. The molecule has 488 valence electrons. The molecular weight excluding hydrogens is 1140 g/mol. The third-order valence-electron chi connectivity index (χ3n) is 13.8. The SMILES string of the molecule is CC(C)C[C@H]1C(=O)O[C@H](Cc2ccc(/C=N/NC(=O)OC(C)(C)C)cc2)C(=O)N(C)[C@@H](CC(C)C)C(=O)O[C@H](C)C(=O)N(C)[C@@H](CC(C)C)C(=O)O[C@H](Cc2ccc(/C=N/NC(=O)OC(C)(C)C)cc2)C(=O)N(C)[C@@H](CC(C)C)C(=O)O[C@H](C)C(=O)N1C. The number of benzene rings is 2. The molecule has 0 radical (unpaired) electrons. The topological polar surface area (TPSA) is 288 Å². The molecule has 1 aliphatic heterocycles. The molecule has 1 saturated heterocycles. The second kappa shape index (κ2) is 33.4. The molecule has 8 atom stereocenters. The van der Waals surface area contributed by atoms with Gasteiger partial charge >= 0.3 is 36.1 Å². The lowest BCUT2D eigenvalue weighted by atomic mass is 9.99. The van der Waals surface area contributed by atoms with Crippen molar-refractivity contribution >= 4 is 72.1 Å². The Morgan fingerprint density at radius 2 is 0.705 bits per heavy atom. The number of likely N-dealkylation sites (N-methyl/N-ethyl adjacent to an activating group) is 4. The lowest BCUT2D eigenvalue weighted by Crippen LogP contribution is -2.55. The van der Waals surface area contributed by atoms with Crippen LogP contribution in [0.5, 0.6) is 0 Å². The van der Waals surface area contributed by atoms with E-state index in [-0.39, 0.29) is 62.2 Å². The van der Waals surface area contributed by atoms with E-state index < -0.39 is 119 Å². The second-order valence-electron chi connectivity index (χ2n) is 26.0. The summed E-state index contributed by atoms with van der Waals surface area (Å²) < 4.78 is 34.5. The number of carbonyl (C=O) groups excluding carboxylic acids is 10. The largest absolute Gasteiger partial charge is 0.451 e. The predicted octanol–water partition coefficient (Wildman–Crippen LogP) is 7.38. The summed E-state index contributed by atoms with van der Waals surface area (Å²) in [5.74, 6) is -8.13. The number of nitrogens with zero attached hydrogens (tertiary/aromatic N) is 6. The minimum Gasteiger partial charge on any atom is -0.451 e. The van der Waals surface area contributed by atoms with Crippen LogP contribution in [0.3, 0.4) is 0 Å². The molecule has 0 bridgehead atoms. The van der Waals surface area contributed by atoms with Crippen molar-refractivity contribution in [3.05, 3.63) is 70.8 Å². The highest BCUT2D eigenvalue weighted by Gasteiger charge is 2.43. The van der Waals surface area contributed by atoms with E-state index in [0.717, 1.165) is 19.6 Å². The Kier molecular flexibility index (Phi) is 28.2. The number of hydrazone groups is 2. The monoisotopic (exact) mass is 1230 g/mol. The average molecular weight is 1230 g/mol. The Morgan fingerprint density at radius 3 is 0.955 bits per heavy atom. The maximum atomic E-state index is 15.0. The Balaban J connectivity index is 2.23. The Labute approximate surface area is 519 Å². The molecule has 2 N–H and O–H groups in total. The summed E-state index contributed by atoms with van der Waals surface area (Å²) in [6.45, 7) is 27.4. The van der Waals surface area contributed by atoms with Crippen molar-refractivity contribution in [2.75, 3.05) is 28.2 Å². The summed E-state index contributed by atoms with van der Waals surface area (Å²) in [6.07, 6.45) is -5.47. The van der Waals surface area contributed by atoms with E-state index in [1.54, 1.807) is 90.1 Å². The number of hydrogen-bond donors (Lipinski definition) is 2. The summed E-state index contributed by atoms with van der Waals surface area (Å²) in [7, 11) is 5.38. The molecule has 2 aromatic carbocycles. The van der Waals surface area contributed by atoms with E-state index in [1.165, 1.54) is 54.5 Å². The van der Waals surface area contributed by atoms with Gasteiger partial charge in [0.15, 0.2) is 24.4 Å². The maximum Gasteiger partial charge on any atom is 0.428 e. The van der Waals surface area contributed by atoms with Crippen molar-refractivity contribution < 1.29 is 76.4 Å². The van der Waals surface area contributed by atoms with E-state index in [2.05, 4.69) is 21.1 Å². The zero-order chi connectivity index (χ0) is 66.7. The number of carbonyl (C=O) groups is 10. The zero-order valence-corrected chi connectivity index (χ0v) is 55.2. The highest BCUT2D eigenvalue weighted by atomic mass is 16.6. The van der Waals surface area contributed by atoms with Gasteiger partial charge in [0.2, 0.25) is 0 Å². The van der Waals surface area contributed by atoms with Crippen LogP contribution in [0.25, 0.3) is 0 Å². The van der Waals surface area contributed by atoms with Gasteiger partial charge in [0.05, 0.1) is 12.4 Å². The van der Waals surface area contributed by atoms with E-state index in [1.807, 2.05) is 55.4 Å². The molecule has 0 aliphatic carbocycles. The van der Waals surface area contributed by atoms with Gasteiger partial charge in [-0.1, -0.05) is 104 Å². The second-order valence-corrected chi connectivity index (χ2v) is 26.0. The first-order valence-corrected chi connectivity index (χ1v) is 29.9. The van der Waals surface area contributed by atoms with Crippen LogP contribution in [0.4, 0.5) is 9.59 Å². The molecule has 0 saturated carbocycles. The van der Waals surface area contributed by atoms with Crippen molar-refractivity contribution in [1.82, 2.24) is 30.5 Å². The first kappa shape index (κ1) is 74.3. The van der Waals surface area contributed by atoms with Gasteiger partial charge in [-0.3, -0.25) is 19.2 Å². The van der Waals surface area contributed by atoms with Gasteiger partial charge in [0, 0.05) is 41.0 Å². The number of amides is 6. The Bertz CT molecular complexity index is 2580. The third-order valence-corrected chi connectivity index (χ3v) is 13.8. The lowest BCUT2D eigenvalue weighted by Gasteiger charge is -2.35. The fourth-order valence-electron chi connectivity index (χ4n) is 9.31. The molecule has 24 nitrogen and oxygen atoms in total. The first-order chi connectivity index (χ1) is 40.8. The van der Waals surface area contributed by atoms with Crippen LogP contribution < -0.4 is 10.9 Å². The van der Waals surface area contributed by atoms with Gasteiger partial charge in [-0.15, -0.1) is 0 Å². The summed E-state index contributed by atoms with van der Waals surface area (Å²) in [4.78, 5) is 146. The molecule has 1 fully saturated rings. The quantitative estimate of drug-likeness (QED) is 0.0717. The Morgan fingerprint density at radius 1 is 0.455 bits per heavy atom. The summed E-state index contributed by atoms with van der Waals surface area (Å²) in [5.41, 5.74) is 5.16. The number of nitrogens with one attached hydrogen (secondary N) is 2. The maximum absolute atomic E-state index is 15.0. The van der Waals surface area contributed by atoms with E-state index >= 15 is 9.59 Å². The summed E-state index contributed by atoms with van der Waals surface area (Å²) in [6, 6.07) is 7.79. The normalized spacial score (nSPS) is 22.5. The van der Waals surface area contributed by atoms with Crippen molar-refractivity contribution in [2.45, 2.75) is 209 Å². The third kappa shape index (κ3) is 24.3. The van der Waals surface area contributed by atoms with Crippen LogP contribution in [0.1, 0.15) is 159 Å². The van der Waals surface area contributed by atoms with Gasteiger partial charge < -0.3 is 48.0 Å². The van der Waals surface area contributed by atoms with Crippen LogP contribution in [-0.4, -0.2) is 180 Å². The fourth-order valence-corrected chi connectivity index (χ4v) is 9.31. The van der Waals surface area contributed by atoms with Crippen LogP contribution in [0.2, 0.25) is 0 Å². The van der Waals surface area contributed by atoms with E-state index in [4.69, 9.17) is 28.4 Å². The molecule has 88 heavy (non-hydrogen) atoms. The lowest BCUT2D eigenvalue weighted by molar-refractivity contribution is -0.176. The predicted molar refractivity (Wildman–Crippen MR) is 329 cm³/mol. The molecule has 0 spiro atoms. The van der Waals surface area contributed by atoms with Gasteiger partial charge in [0.1, 0.15) is 35.4 Å². The number of ether oxygens (including phenoxy) is 6. The number of rotatable bonds is 16.